The fraction of sp³-hybridized carbons (Fsp3) is 0.296. The molecular weight excluding hydrogens is 484 g/mol. The van der Waals surface area contributed by atoms with Gasteiger partial charge in [-0.3, -0.25) is 4.79 Å². The number of anilines is 2. The molecule has 1 atom stereocenters. The third-order valence-corrected chi connectivity index (χ3v) is 5.85. The summed E-state index contributed by atoms with van der Waals surface area (Å²) in [6.07, 6.45) is -9.02. The first kappa shape index (κ1) is 27.1. The molecule has 0 aliphatic rings. The predicted molar refractivity (Wildman–Crippen MR) is 126 cm³/mol. The molecule has 3 rings (SSSR count). The van der Waals surface area contributed by atoms with Gasteiger partial charge in [-0.15, -0.1) is 0 Å². The van der Waals surface area contributed by atoms with Gasteiger partial charge in [-0.05, 0) is 59.4 Å². The first-order valence-corrected chi connectivity index (χ1v) is 11.1. The summed E-state index contributed by atoms with van der Waals surface area (Å²) < 4.78 is 81.1. The van der Waals surface area contributed by atoms with Crippen LogP contribution in [0.4, 0.5) is 37.7 Å². The Balaban J connectivity index is 2.11. The molecule has 3 nitrogen and oxygen atoms in total. The van der Waals surface area contributed by atoms with Gasteiger partial charge in [0.25, 0.3) is 0 Å². The van der Waals surface area contributed by atoms with Crippen molar-refractivity contribution in [1.82, 2.24) is 0 Å². The van der Waals surface area contributed by atoms with Gasteiger partial charge in [0.05, 0.1) is 22.7 Å². The Morgan fingerprint density at radius 2 is 1.50 bits per heavy atom. The van der Waals surface area contributed by atoms with Crippen LogP contribution in [-0.2, 0) is 17.1 Å². The molecule has 0 spiro atoms. The SMILES string of the molecule is CC(C)CC(C(=O)O)c1cccc(-c2ccc(C(F)(F)F)c(N(C)c3cccc(C(F)(F)F)c3)c2)c1. The molecule has 0 bridgehead atoms. The second kappa shape index (κ2) is 10.2. The standard InChI is InChI=1S/C27H25F6NO2/c1-16(2)12-22(25(35)36)19-7-4-6-17(13-19)18-10-11-23(27(31,32)33)24(14-18)34(3)21-9-5-8-20(15-21)26(28,29)30/h4-11,13-16,22H,12H2,1-3H3,(H,35,36). The predicted octanol–water partition coefficient (Wildman–Crippen LogP) is 8.37. The van der Waals surface area contributed by atoms with Crippen molar-refractivity contribution >= 4 is 17.3 Å². The maximum absolute atomic E-state index is 13.8. The molecule has 0 saturated heterocycles. The van der Waals surface area contributed by atoms with Crippen LogP contribution in [0.3, 0.4) is 0 Å². The third kappa shape index (κ3) is 6.19. The van der Waals surface area contributed by atoms with Gasteiger partial charge in [0.2, 0.25) is 0 Å². The lowest BCUT2D eigenvalue weighted by atomic mass is 9.88. The Morgan fingerprint density at radius 1 is 0.861 bits per heavy atom. The summed E-state index contributed by atoms with van der Waals surface area (Å²) in [6.45, 7) is 3.79. The number of aliphatic carboxylic acids is 1. The number of halogens is 6. The van der Waals surface area contributed by atoms with Crippen molar-refractivity contribution in [3.8, 4) is 11.1 Å². The second-order valence-electron chi connectivity index (χ2n) is 8.98. The van der Waals surface area contributed by atoms with Gasteiger partial charge in [0.1, 0.15) is 0 Å². The van der Waals surface area contributed by atoms with Crippen LogP contribution < -0.4 is 4.90 Å². The summed E-state index contributed by atoms with van der Waals surface area (Å²) in [4.78, 5) is 12.9. The number of hydrogen-bond donors (Lipinski definition) is 1. The molecule has 3 aromatic rings. The third-order valence-electron chi connectivity index (χ3n) is 5.85. The minimum atomic E-state index is -4.75. The molecule has 1 unspecified atom stereocenters. The molecule has 0 aliphatic carbocycles. The van der Waals surface area contributed by atoms with Gasteiger partial charge in [-0.25, -0.2) is 0 Å². The fourth-order valence-electron chi connectivity index (χ4n) is 4.04. The lowest BCUT2D eigenvalue weighted by molar-refractivity contribution is -0.139. The zero-order chi connectivity index (χ0) is 26.8. The first-order chi connectivity index (χ1) is 16.7. The van der Waals surface area contributed by atoms with Gasteiger partial charge in [0.15, 0.2) is 0 Å². The highest BCUT2D eigenvalue weighted by Gasteiger charge is 2.36. The van der Waals surface area contributed by atoms with Crippen LogP contribution in [-0.4, -0.2) is 18.1 Å². The van der Waals surface area contributed by atoms with E-state index in [-0.39, 0.29) is 17.3 Å². The molecule has 0 saturated carbocycles. The normalized spacial score (nSPS) is 13.1. The summed E-state index contributed by atoms with van der Waals surface area (Å²) in [7, 11) is 1.27. The topological polar surface area (TPSA) is 40.5 Å². The quantitative estimate of drug-likeness (QED) is 0.325. The fourth-order valence-corrected chi connectivity index (χ4v) is 4.04. The maximum Gasteiger partial charge on any atom is 0.418 e. The van der Waals surface area contributed by atoms with Crippen LogP contribution >= 0.6 is 0 Å². The number of hydrogen-bond acceptors (Lipinski definition) is 2. The molecule has 3 aromatic carbocycles. The summed E-state index contributed by atoms with van der Waals surface area (Å²) in [5, 5.41) is 9.67. The van der Waals surface area contributed by atoms with E-state index in [0.29, 0.717) is 23.1 Å². The van der Waals surface area contributed by atoms with Crippen molar-refractivity contribution < 1.29 is 36.2 Å². The molecule has 36 heavy (non-hydrogen) atoms. The minimum absolute atomic E-state index is 0.0656. The van der Waals surface area contributed by atoms with E-state index in [9.17, 15) is 36.2 Å². The van der Waals surface area contributed by atoms with E-state index >= 15 is 0 Å². The van der Waals surface area contributed by atoms with Crippen molar-refractivity contribution in [1.29, 1.82) is 0 Å². The van der Waals surface area contributed by atoms with Crippen molar-refractivity contribution in [3.05, 3.63) is 83.4 Å². The van der Waals surface area contributed by atoms with Crippen LogP contribution in [0.15, 0.2) is 66.7 Å². The Hall–Kier alpha value is -3.49. The van der Waals surface area contributed by atoms with E-state index in [4.69, 9.17) is 0 Å². The average Bonchev–Trinajstić information content (AvgIpc) is 2.80. The number of rotatable bonds is 7. The van der Waals surface area contributed by atoms with E-state index in [0.717, 1.165) is 29.2 Å². The molecule has 192 valence electrons. The second-order valence-corrected chi connectivity index (χ2v) is 8.98. The van der Waals surface area contributed by atoms with Crippen LogP contribution in [0.5, 0.6) is 0 Å². The number of nitrogens with zero attached hydrogens (tertiary/aromatic N) is 1. The summed E-state index contributed by atoms with van der Waals surface area (Å²) in [6, 6.07) is 14.0. The van der Waals surface area contributed by atoms with E-state index in [1.165, 1.54) is 25.2 Å². The number of carbonyl (C=O) groups is 1. The minimum Gasteiger partial charge on any atom is -0.481 e. The lowest BCUT2D eigenvalue weighted by Gasteiger charge is -2.25. The molecule has 0 amide bonds. The number of alkyl halides is 6. The Labute approximate surface area is 205 Å². The summed E-state index contributed by atoms with van der Waals surface area (Å²) in [5.74, 6) is -1.68. The molecule has 0 aliphatic heterocycles. The Kier molecular flexibility index (Phi) is 7.71. The van der Waals surface area contributed by atoms with E-state index in [1.807, 2.05) is 13.8 Å². The summed E-state index contributed by atoms with van der Waals surface area (Å²) >= 11 is 0. The van der Waals surface area contributed by atoms with Gasteiger partial charge in [-0.1, -0.05) is 50.2 Å². The molecular formula is C27H25F6NO2. The van der Waals surface area contributed by atoms with Crippen molar-refractivity contribution in [2.45, 2.75) is 38.5 Å². The van der Waals surface area contributed by atoms with E-state index in [1.54, 1.807) is 24.3 Å². The molecule has 0 aromatic heterocycles. The van der Waals surface area contributed by atoms with Crippen molar-refractivity contribution in [3.63, 3.8) is 0 Å². The number of carboxylic acid groups (broad SMARTS) is 1. The van der Waals surface area contributed by atoms with Crippen molar-refractivity contribution in [2.24, 2.45) is 5.92 Å². The maximum atomic E-state index is 13.8. The Morgan fingerprint density at radius 3 is 2.08 bits per heavy atom. The van der Waals surface area contributed by atoms with Gasteiger partial charge >= 0.3 is 18.3 Å². The molecule has 9 heteroatoms. The van der Waals surface area contributed by atoms with Gasteiger partial charge in [0, 0.05) is 12.7 Å². The Bertz CT molecular complexity index is 1230. The number of carboxylic acids is 1. The highest BCUT2D eigenvalue weighted by molar-refractivity contribution is 5.79. The average molecular weight is 509 g/mol. The van der Waals surface area contributed by atoms with Crippen molar-refractivity contribution in [2.75, 3.05) is 11.9 Å². The van der Waals surface area contributed by atoms with E-state index in [2.05, 4.69) is 0 Å². The van der Waals surface area contributed by atoms with Crippen LogP contribution in [0, 0.1) is 5.92 Å². The van der Waals surface area contributed by atoms with Crippen LogP contribution in [0.1, 0.15) is 42.9 Å². The molecule has 0 fully saturated rings. The van der Waals surface area contributed by atoms with Gasteiger partial charge < -0.3 is 10.0 Å². The highest BCUT2D eigenvalue weighted by atomic mass is 19.4. The van der Waals surface area contributed by atoms with Gasteiger partial charge in [-0.2, -0.15) is 26.3 Å². The smallest absolute Gasteiger partial charge is 0.418 e. The highest BCUT2D eigenvalue weighted by Crippen LogP contribution is 2.42. The number of benzene rings is 3. The van der Waals surface area contributed by atoms with Crippen LogP contribution in [0.25, 0.3) is 11.1 Å². The summed E-state index contributed by atoms with van der Waals surface area (Å²) in [5.41, 5.74) is -1.01. The zero-order valence-corrected chi connectivity index (χ0v) is 19.8. The molecule has 0 radical (unpaired) electrons. The lowest BCUT2D eigenvalue weighted by Crippen LogP contribution is -2.17. The largest absolute Gasteiger partial charge is 0.481 e. The molecule has 0 heterocycles. The zero-order valence-electron chi connectivity index (χ0n) is 19.8. The first-order valence-electron chi connectivity index (χ1n) is 11.1. The monoisotopic (exact) mass is 509 g/mol. The van der Waals surface area contributed by atoms with E-state index < -0.39 is 35.4 Å². The molecule has 1 N–H and O–H groups in total. The van der Waals surface area contributed by atoms with Crippen LogP contribution in [0.2, 0.25) is 0 Å².